The Bertz CT molecular complexity index is 330. The summed E-state index contributed by atoms with van der Waals surface area (Å²) in [6.07, 6.45) is 0.436. The largest absolute Gasteiger partial charge is 0.467 e. The Morgan fingerprint density at radius 1 is 1.62 bits per heavy atom. The van der Waals surface area contributed by atoms with Crippen LogP contribution in [0.4, 0.5) is 4.39 Å². The lowest BCUT2D eigenvalue weighted by molar-refractivity contribution is 0.0572. The normalized spacial score (nSPS) is 10.0. The van der Waals surface area contributed by atoms with Gasteiger partial charge < -0.3 is 4.74 Å². The van der Waals surface area contributed by atoms with Gasteiger partial charge in [0.1, 0.15) is 5.82 Å². The predicted molar refractivity (Wildman–Crippen MR) is 59.3 cm³/mol. The summed E-state index contributed by atoms with van der Waals surface area (Å²) in [5.74, 6) is -0.861. The molecule has 2 nitrogen and oxygen atoms in total. The SMILES string of the molecule is O=C(OC[SiH3])c1cc(F)ccc1I. The maximum Gasteiger partial charge on any atom is 0.338 e. The average molecular weight is 310 g/mol. The fourth-order valence-electron chi connectivity index (χ4n) is 0.863. The highest BCUT2D eigenvalue weighted by molar-refractivity contribution is 14.1. The third kappa shape index (κ3) is 2.77. The minimum Gasteiger partial charge on any atom is -0.467 e. The van der Waals surface area contributed by atoms with E-state index in [1.807, 2.05) is 22.6 Å². The van der Waals surface area contributed by atoms with Gasteiger partial charge in [-0.3, -0.25) is 0 Å². The summed E-state index contributed by atoms with van der Waals surface area (Å²) in [4.78, 5) is 11.2. The lowest BCUT2D eigenvalue weighted by Crippen LogP contribution is -2.08. The monoisotopic (exact) mass is 310 g/mol. The Balaban J connectivity index is 2.99. The average Bonchev–Trinajstić information content (AvgIpc) is 2.09. The first-order chi connectivity index (χ1) is 6.15. The molecule has 13 heavy (non-hydrogen) atoms. The molecule has 0 aliphatic heterocycles. The zero-order valence-electron chi connectivity index (χ0n) is 7.01. The summed E-state index contributed by atoms with van der Waals surface area (Å²) in [5, 5.41) is 0. The Kier molecular flexibility index (Phi) is 3.85. The first-order valence-corrected chi connectivity index (χ1v) is 6.26. The molecule has 1 aromatic rings. The van der Waals surface area contributed by atoms with Crippen LogP contribution >= 0.6 is 22.6 Å². The second-order valence-electron chi connectivity index (χ2n) is 2.34. The van der Waals surface area contributed by atoms with E-state index >= 15 is 0 Å². The molecule has 0 spiro atoms. The number of ether oxygens (including phenoxy) is 1. The molecule has 0 N–H and O–H groups in total. The minimum absolute atomic E-state index is 0.302. The van der Waals surface area contributed by atoms with Crippen LogP contribution in [0.3, 0.4) is 0 Å². The molecule has 0 unspecified atom stereocenters. The Morgan fingerprint density at radius 3 is 2.92 bits per heavy atom. The van der Waals surface area contributed by atoms with Crippen LogP contribution in [0.25, 0.3) is 0 Å². The van der Waals surface area contributed by atoms with E-state index in [0.717, 1.165) is 10.2 Å². The molecule has 0 aromatic heterocycles. The number of carbonyl (C=O) groups is 1. The summed E-state index contributed by atoms with van der Waals surface area (Å²) in [7, 11) is 0.795. The summed E-state index contributed by atoms with van der Waals surface area (Å²) in [6, 6.07) is 4.07. The standard InChI is InChI=1S/C8H8FIO2Si/c9-5-1-2-7(10)6(3-5)8(11)12-4-13/h1-3H,4H2,13H3. The van der Waals surface area contributed by atoms with E-state index in [0.29, 0.717) is 15.4 Å². The molecule has 0 saturated carbocycles. The van der Waals surface area contributed by atoms with Crippen LogP contribution in [0.5, 0.6) is 0 Å². The van der Waals surface area contributed by atoms with Crippen LogP contribution in [0.15, 0.2) is 18.2 Å². The van der Waals surface area contributed by atoms with E-state index in [-0.39, 0.29) is 0 Å². The molecular formula is C8H8FIO2Si. The molecule has 0 atom stereocenters. The lowest BCUT2D eigenvalue weighted by atomic mass is 10.2. The molecule has 0 aliphatic carbocycles. The van der Waals surface area contributed by atoms with Crippen LogP contribution in [-0.4, -0.2) is 22.4 Å². The van der Waals surface area contributed by atoms with E-state index in [9.17, 15) is 9.18 Å². The Hall–Kier alpha value is -0.433. The Labute approximate surface area is 92.0 Å². The quantitative estimate of drug-likeness (QED) is 0.461. The molecule has 0 amide bonds. The van der Waals surface area contributed by atoms with E-state index in [1.54, 1.807) is 6.07 Å². The molecule has 70 valence electrons. The summed E-state index contributed by atoms with van der Waals surface area (Å²) < 4.78 is 18.3. The van der Waals surface area contributed by atoms with Crippen molar-refractivity contribution in [1.29, 1.82) is 0 Å². The first-order valence-electron chi connectivity index (χ1n) is 3.77. The highest BCUT2D eigenvalue weighted by Gasteiger charge is 2.11. The van der Waals surface area contributed by atoms with Gasteiger partial charge in [-0.05, 0) is 40.8 Å². The van der Waals surface area contributed by atoms with Crippen LogP contribution in [0, 0.1) is 9.39 Å². The molecule has 0 fully saturated rings. The van der Waals surface area contributed by atoms with Gasteiger partial charge in [-0.2, -0.15) is 0 Å². The van der Waals surface area contributed by atoms with Crippen molar-refractivity contribution in [1.82, 2.24) is 0 Å². The second kappa shape index (κ2) is 4.71. The molecule has 0 radical (unpaired) electrons. The van der Waals surface area contributed by atoms with Gasteiger partial charge >= 0.3 is 5.97 Å². The van der Waals surface area contributed by atoms with E-state index < -0.39 is 11.8 Å². The number of hydrogen-bond donors (Lipinski definition) is 0. The maximum atomic E-state index is 12.7. The number of esters is 1. The van der Waals surface area contributed by atoms with Gasteiger partial charge in [-0.1, -0.05) is 0 Å². The smallest absolute Gasteiger partial charge is 0.338 e. The predicted octanol–water partition coefficient (Wildman–Crippen LogP) is 0.910. The third-order valence-electron chi connectivity index (χ3n) is 1.42. The maximum absolute atomic E-state index is 12.7. The van der Waals surface area contributed by atoms with E-state index in [4.69, 9.17) is 4.74 Å². The first kappa shape index (κ1) is 10.6. The van der Waals surface area contributed by atoms with Crippen LogP contribution in [0.1, 0.15) is 10.4 Å². The summed E-state index contributed by atoms with van der Waals surface area (Å²) in [5.41, 5.74) is 0.302. The molecule has 0 heterocycles. The van der Waals surface area contributed by atoms with Crippen molar-refractivity contribution in [3.8, 4) is 0 Å². The lowest BCUT2D eigenvalue weighted by Gasteiger charge is -2.03. The van der Waals surface area contributed by atoms with Gasteiger partial charge in [0.2, 0.25) is 0 Å². The van der Waals surface area contributed by atoms with Gasteiger partial charge in [0.05, 0.1) is 22.0 Å². The summed E-state index contributed by atoms with van der Waals surface area (Å²) in [6.45, 7) is 0. The number of carbonyl (C=O) groups excluding carboxylic acids is 1. The highest BCUT2D eigenvalue weighted by atomic mass is 127. The zero-order chi connectivity index (χ0) is 9.84. The molecular weight excluding hydrogens is 302 g/mol. The number of hydrogen-bond acceptors (Lipinski definition) is 2. The van der Waals surface area contributed by atoms with Crippen molar-refractivity contribution in [2.45, 2.75) is 0 Å². The molecule has 0 bridgehead atoms. The molecule has 1 rings (SSSR count). The number of benzene rings is 1. The van der Waals surface area contributed by atoms with Gasteiger partial charge in [-0.15, -0.1) is 0 Å². The fourth-order valence-corrected chi connectivity index (χ4v) is 1.68. The van der Waals surface area contributed by atoms with Crippen molar-refractivity contribution in [3.05, 3.63) is 33.1 Å². The molecule has 1 aromatic carbocycles. The highest BCUT2D eigenvalue weighted by Crippen LogP contribution is 2.14. The van der Waals surface area contributed by atoms with Gasteiger partial charge in [0, 0.05) is 3.57 Å². The molecule has 5 heteroatoms. The van der Waals surface area contributed by atoms with Crippen molar-refractivity contribution >= 4 is 38.8 Å². The van der Waals surface area contributed by atoms with E-state index in [2.05, 4.69) is 0 Å². The third-order valence-corrected chi connectivity index (χ3v) is 2.65. The van der Waals surface area contributed by atoms with Gasteiger partial charge in [-0.25, -0.2) is 9.18 Å². The fraction of sp³-hybridized carbons (Fsp3) is 0.125. The van der Waals surface area contributed by atoms with Gasteiger partial charge in [0.15, 0.2) is 0 Å². The van der Waals surface area contributed by atoms with Crippen molar-refractivity contribution in [2.75, 3.05) is 6.23 Å². The van der Waals surface area contributed by atoms with E-state index in [1.165, 1.54) is 12.1 Å². The topological polar surface area (TPSA) is 26.3 Å². The van der Waals surface area contributed by atoms with Gasteiger partial charge in [0.25, 0.3) is 0 Å². The second-order valence-corrected chi connectivity index (χ2v) is 4.08. The molecule has 0 saturated heterocycles. The van der Waals surface area contributed by atoms with Crippen molar-refractivity contribution in [3.63, 3.8) is 0 Å². The van der Waals surface area contributed by atoms with Crippen LogP contribution < -0.4 is 0 Å². The number of rotatable bonds is 2. The van der Waals surface area contributed by atoms with Crippen LogP contribution in [0.2, 0.25) is 0 Å². The van der Waals surface area contributed by atoms with Crippen molar-refractivity contribution in [2.24, 2.45) is 0 Å². The molecule has 0 aliphatic rings. The Morgan fingerprint density at radius 2 is 2.31 bits per heavy atom. The summed E-state index contributed by atoms with van der Waals surface area (Å²) >= 11 is 1.98. The van der Waals surface area contributed by atoms with Crippen LogP contribution in [-0.2, 0) is 4.74 Å². The number of halogens is 2. The minimum atomic E-state index is -0.445. The zero-order valence-corrected chi connectivity index (χ0v) is 11.2. The van der Waals surface area contributed by atoms with Crippen molar-refractivity contribution < 1.29 is 13.9 Å².